The third-order valence-electron chi connectivity index (χ3n) is 14.6. The third-order valence-corrected chi connectivity index (χ3v) is 15.0. The molecule has 4 aromatic rings. The van der Waals surface area contributed by atoms with Crippen LogP contribution in [-0.4, -0.2) is 159 Å². The van der Waals surface area contributed by atoms with Gasteiger partial charge in [-0.2, -0.15) is 0 Å². The monoisotopic (exact) mass is 1200 g/mol. The number of hydrogen-bond acceptors (Lipinski definition) is 15. The molecule has 8 amide bonds. The third kappa shape index (κ3) is 14.6. The summed E-state index contributed by atoms with van der Waals surface area (Å²) in [6.07, 6.45) is -9.74. The quantitative estimate of drug-likeness (QED) is 0.0289. The van der Waals surface area contributed by atoms with Gasteiger partial charge >= 0.3 is 24.2 Å². The smallest absolute Gasteiger partial charge is 0.415 e. The lowest BCUT2D eigenvalue weighted by atomic mass is 9.98. The van der Waals surface area contributed by atoms with Crippen LogP contribution in [0.2, 0.25) is 5.02 Å². The van der Waals surface area contributed by atoms with Crippen LogP contribution in [0.3, 0.4) is 0 Å². The maximum atomic E-state index is 15.7. The van der Waals surface area contributed by atoms with Gasteiger partial charge in [0, 0.05) is 94.9 Å². The van der Waals surface area contributed by atoms with Gasteiger partial charge in [0.1, 0.15) is 53.9 Å². The molecule has 0 aromatic heterocycles. The van der Waals surface area contributed by atoms with Crippen molar-refractivity contribution in [1.29, 1.82) is 0 Å². The molecule has 2 saturated heterocycles. The topological polar surface area (TPSA) is 295 Å². The van der Waals surface area contributed by atoms with Gasteiger partial charge < -0.3 is 64.7 Å². The van der Waals surface area contributed by atoms with Crippen molar-refractivity contribution in [2.75, 3.05) is 51.0 Å². The van der Waals surface area contributed by atoms with Crippen molar-refractivity contribution in [3.05, 3.63) is 117 Å². The van der Waals surface area contributed by atoms with Crippen molar-refractivity contribution in [2.45, 2.75) is 109 Å². The summed E-state index contributed by atoms with van der Waals surface area (Å²) >= 11 is 6.67. The molecular weight excluding hydrogens is 1140 g/mol. The number of likely N-dealkylation sites (tertiary alicyclic amines) is 1. The van der Waals surface area contributed by atoms with Crippen molar-refractivity contribution in [3.63, 3.8) is 0 Å². The highest BCUT2D eigenvalue weighted by Crippen LogP contribution is 2.40. The first-order valence-electron chi connectivity index (χ1n) is 26.5. The number of benzene rings is 4. The summed E-state index contributed by atoms with van der Waals surface area (Å²) in [4.78, 5) is 109. The number of fused-ring (bicyclic) bond motifs is 1. The van der Waals surface area contributed by atoms with E-state index >= 15 is 4.39 Å². The summed E-state index contributed by atoms with van der Waals surface area (Å²) < 4.78 is 79.8. The van der Waals surface area contributed by atoms with Crippen LogP contribution in [0.4, 0.5) is 43.3 Å². The van der Waals surface area contributed by atoms with Crippen LogP contribution in [0.15, 0.2) is 60.7 Å². The Morgan fingerprint density at radius 2 is 1.49 bits per heavy atom. The van der Waals surface area contributed by atoms with Gasteiger partial charge in [-0.25, -0.2) is 36.7 Å². The Morgan fingerprint density at radius 3 is 2.15 bits per heavy atom. The van der Waals surface area contributed by atoms with E-state index in [2.05, 4.69) is 10.6 Å². The number of aliphatic hydroxyl groups is 3. The van der Waals surface area contributed by atoms with E-state index < -0.39 is 121 Å². The molecule has 3 aliphatic heterocycles. The van der Waals surface area contributed by atoms with E-state index in [9.17, 15) is 72.0 Å². The number of amides is 8. The van der Waals surface area contributed by atoms with Gasteiger partial charge in [-0.3, -0.25) is 29.0 Å². The Labute approximate surface area is 483 Å². The molecule has 3 heterocycles. The number of nitrogens with one attached hydrogen (secondary N) is 2. The van der Waals surface area contributed by atoms with Crippen LogP contribution in [0.5, 0.6) is 11.5 Å². The number of urea groups is 1. The number of unbranched alkanes of at least 4 members (excludes halogenated alkanes) is 2. The molecule has 84 heavy (non-hydrogen) atoms. The van der Waals surface area contributed by atoms with Crippen molar-refractivity contribution < 1.29 is 95.3 Å². The number of carboxylic acid groups (broad SMARTS) is 1. The molecule has 0 spiro atoms. The fourth-order valence-corrected chi connectivity index (χ4v) is 9.62. The predicted octanol–water partition coefficient (Wildman–Crippen LogP) is 6.21. The van der Waals surface area contributed by atoms with Gasteiger partial charge in [0.25, 0.3) is 5.91 Å². The van der Waals surface area contributed by atoms with Crippen molar-refractivity contribution in [2.24, 2.45) is 5.92 Å². The number of halogens is 5. The first-order chi connectivity index (χ1) is 39.8. The van der Waals surface area contributed by atoms with Gasteiger partial charge in [-0.05, 0) is 73.7 Å². The Morgan fingerprint density at radius 1 is 0.810 bits per heavy atom. The largest absolute Gasteiger partial charge is 0.479 e. The van der Waals surface area contributed by atoms with Gasteiger partial charge in [0.05, 0.1) is 29.0 Å². The number of likely N-dealkylation sites (N-methyl/N-ethyl adjacent to an activating group) is 2. The van der Waals surface area contributed by atoms with Crippen LogP contribution in [0.1, 0.15) is 91.0 Å². The standard InChI is InChI=1S/C56H62ClF4N7O16/c1-6-30-22-44(70)67(51(30)75)17-9-7-8-10-43(69)63-39-20-29(11-15-41(39)82-53-48(73)46(71)47(72)49(84-53)52(76)77)27-81-55(79)64(3)18-19-65(4)56(80)83-42-16-14-36(59)35(45(42)57)26-68-40-21-31(12-13-33(40)28(2)66(5)54(68)78)50(74)62-25-34-37(60)23-32(58)24-38(34)61/h11-16,20-21,23-24,28,30,46-49,53,71-73H,6-10,17-19,22,25-27H2,1-5H3,(H,62,74)(H,63,69)(H,76,77)/t28-,30?,46-,47-,48+,49-,53+/m0/s1. The Balaban J connectivity index is 0.955. The summed E-state index contributed by atoms with van der Waals surface area (Å²) in [7, 11) is 4.20. The number of aliphatic hydroxyl groups excluding tert-OH is 3. The van der Waals surface area contributed by atoms with Gasteiger partial charge in [-0.15, -0.1) is 0 Å². The molecule has 3 aliphatic rings. The second-order valence-corrected chi connectivity index (χ2v) is 20.7. The highest BCUT2D eigenvalue weighted by Gasteiger charge is 2.48. The van der Waals surface area contributed by atoms with Gasteiger partial charge in [0.15, 0.2) is 11.9 Å². The number of anilines is 2. The molecule has 2 fully saturated rings. The summed E-state index contributed by atoms with van der Waals surface area (Å²) in [6, 6.07) is 10.2. The minimum atomic E-state index is -2.01. The van der Waals surface area contributed by atoms with Crippen LogP contribution >= 0.6 is 11.6 Å². The number of nitrogens with zero attached hydrogens (tertiary/aromatic N) is 5. The fourth-order valence-electron chi connectivity index (χ4n) is 9.36. The zero-order chi connectivity index (χ0) is 61.4. The van der Waals surface area contributed by atoms with Crippen molar-refractivity contribution in [1.82, 2.24) is 24.9 Å². The second-order valence-electron chi connectivity index (χ2n) is 20.3. The van der Waals surface area contributed by atoms with E-state index in [0.717, 1.165) is 26.8 Å². The minimum Gasteiger partial charge on any atom is -0.479 e. The van der Waals surface area contributed by atoms with E-state index in [0.29, 0.717) is 43.4 Å². The van der Waals surface area contributed by atoms with E-state index in [-0.39, 0.29) is 94.8 Å². The van der Waals surface area contributed by atoms with Crippen molar-refractivity contribution >= 4 is 70.8 Å². The molecule has 0 aliphatic carbocycles. The average Bonchev–Trinajstić information content (AvgIpc) is 3.51. The molecule has 0 bridgehead atoms. The highest BCUT2D eigenvalue weighted by atomic mass is 35.5. The lowest BCUT2D eigenvalue weighted by Gasteiger charge is -2.40. The fraction of sp³-hybridized carbons (Fsp3) is 0.429. The number of carbonyl (C=O) groups is 8. The molecule has 23 nitrogen and oxygen atoms in total. The predicted molar refractivity (Wildman–Crippen MR) is 288 cm³/mol. The number of hydrogen-bond donors (Lipinski definition) is 6. The zero-order valence-corrected chi connectivity index (χ0v) is 46.9. The molecule has 7 atom stereocenters. The minimum absolute atomic E-state index is 0.0430. The number of carbonyl (C=O) groups excluding carboxylic acids is 7. The molecule has 452 valence electrons. The maximum absolute atomic E-state index is 15.7. The first-order valence-corrected chi connectivity index (χ1v) is 26.9. The Kier molecular flexibility index (Phi) is 20.8. The molecule has 0 radical (unpaired) electrons. The van der Waals surface area contributed by atoms with Crippen LogP contribution in [0, 0.1) is 29.2 Å². The SMILES string of the molecule is CCC1CC(=O)N(CCCCCC(=O)Nc2cc(COC(=O)N(C)CCN(C)C(=O)Oc3ccc(F)c(CN4C(=O)N(C)[C@@H](C)c5ccc(C(=O)NCc6c(F)cc(F)cc6F)cc54)c3Cl)ccc2O[C@@H]2O[C@H](C(=O)O)[C@@H](O)[C@H](O)[C@H]2O)C1=O. The molecule has 4 aromatic carbocycles. The van der Waals surface area contributed by atoms with E-state index in [1.165, 1.54) is 61.3 Å². The summed E-state index contributed by atoms with van der Waals surface area (Å²) in [6.45, 7) is 1.90. The molecule has 28 heteroatoms. The lowest BCUT2D eigenvalue weighted by molar-refractivity contribution is -0.271. The Bertz CT molecular complexity index is 3170. The molecule has 6 N–H and O–H groups in total. The number of rotatable bonds is 22. The first kappa shape index (κ1) is 63.5. The number of ether oxygens (including phenoxy) is 4. The van der Waals surface area contributed by atoms with E-state index in [1.807, 2.05) is 6.92 Å². The molecule has 0 saturated carbocycles. The average molecular weight is 1200 g/mol. The highest BCUT2D eigenvalue weighted by molar-refractivity contribution is 6.33. The summed E-state index contributed by atoms with van der Waals surface area (Å²) in [5.74, 6) is -8.73. The van der Waals surface area contributed by atoms with Crippen LogP contribution < -0.4 is 25.0 Å². The summed E-state index contributed by atoms with van der Waals surface area (Å²) in [5, 5.41) is 45.4. The normalized spacial score (nSPS) is 20.3. The van der Waals surface area contributed by atoms with Gasteiger partial charge in [-0.1, -0.05) is 37.1 Å². The molecular formula is C56H62ClF4N7O16. The summed E-state index contributed by atoms with van der Waals surface area (Å²) in [5.41, 5.74) is 0.0228. The number of aliphatic carboxylic acids is 1. The molecule has 1 unspecified atom stereocenters. The Hall–Kier alpha value is -8.11. The van der Waals surface area contributed by atoms with Gasteiger partial charge in [0.2, 0.25) is 24.0 Å². The number of imide groups is 1. The van der Waals surface area contributed by atoms with Crippen LogP contribution in [0.25, 0.3) is 0 Å². The maximum Gasteiger partial charge on any atom is 0.415 e. The zero-order valence-electron chi connectivity index (χ0n) is 46.1. The van der Waals surface area contributed by atoms with E-state index in [1.54, 1.807) is 13.0 Å². The van der Waals surface area contributed by atoms with E-state index in [4.69, 9.17) is 30.5 Å². The molecule has 7 rings (SSSR count). The second kappa shape index (κ2) is 27.5. The number of carboxylic acids is 1. The van der Waals surface area contributed by atoms with Crippen molar-refractivity contribution in [3.8, 4) is 11.5 Å². The lowest BCUT2D eigenvalue weighted by Crippen LogP contribution is -2.61. The van der Waals surface area contributed by atoms with Crippen LogP contribution in [-0.2, 0) is 48.3 Å².